The number of H-pyrrole nitrogens is 1. The summed E-state index contributed by atoms with van der Waals surface area (Å²) < 4.78 is 39.3. The zero-order valence-corrected chi connectivity index (χ0v) is 19.5. The molecule has 0 fully saturated rings. The fourth-order valence-electron chi connectivity index (χ4n) is 4.24. The largest absolute Gasteiger partial charge is 0.434 e. The number of aromatic nitrogens is 2. The minimum absolute atomic E-state index is 0.0858. The second-order valence-corrected chi connectivity index (χ2v) is 8.81. The van der Waals surface area contributed by atoms with Gasteiger partial charge in [-0.1, -0.05) is 23.2 Å². The molecule has 1 aromatic carbocycles. The van der Waals surface area contributed by atoms with Crippen LogP contribution in [0.2, 0.25) is 10.0 Å². The highest BCUT2D eigenvalue weighted by Crippen LogP contribution is 2.36. The molecule has 0 radical (unpaired) electrons. The van der Waals surface area contributed by atoms with Crippen LogP contribution < -0.4 is 16.4 Å². The molecular formula is C22H23Cl2F3N6O. The summed E-state index contributed by atoms with van der Waals surface area (Å²) in [5, 5.41) is 7.02. The lowest BCUT2D eigenvalue weighted by Gasteiger charge is -2.36. The van der Waals surface area contributed by atoms with E-state index < -0.39 is 16.9 Å². The van der Waals surface area contributed by atoms with Crippen molar-refractivity contribution >= 4 is 45.8 Å². The number of amides is 1. The smallest absolute Gasteiger partial charge is 0.369 e. The molecule has 0 bridgehead atoms. The second-order valence-electron chi connectivity index (χ2n) is 7.97. The van der Waals surface area contributed by atoms with Crippen molar-refractivity contribution in [2.45, 2.75) is 18.6 Å². The zero-order valence-electron chi connectivity index (χ0n) is 18.0. The van der Waals surface area contributed by atoms with Crippen molar-refractivity contribution in [2.75, 3.05) is 38.0 Å². The molecule has 182 valence electrons. The number of nitrogens with two attached hydrogens (primary N) is 1. The Morgan fingerprint density at radius 1 is 1.26 bits per heavy atom. The van der Waals surface area contributed by atoms with Gasteiger partial charge in [0.25, 0.3) is 0 Å². The van der Waals surface area contributed by atoms with Gasteiger partial charge >= 0.3 is 6.18 Å². The highest BCUT2D eigenvalue weighted by atomic mass is 35.5. The van der Waals surface area contributed by atoms with Gasteiger partial charge in [-0.15, -0.1) is 0 Å². The van der Waals surface area contributed by atoms with E-state index in [2.05, 4.69) is 25.5 Å². The highest BCUT2D eigenvalue weighted by Gasteiger charge is 2.35. The number of halogens is 5. The number of rotatable bonds is 7. The molecule has 0 aliphatic carbocycles. The van der Waals surface area contributed by atoms with Crippen molar-refractivity contribution in [3.8, 4) is 0 Å². The van der Waals surface area contributed by atoms with E-state index in [0.717, 1.165) is 28.6 Å². The number of hydrogen-bond donors (Lipinski definition) is 4. The average Bonchev–Trinajstić information content (AvgIpc) is 3.16. The molecule has 5 N–H and O–H groups in total. The first-order valence-electron chi connectivity index (χ1n) is 10.7. The van der Waals surface area contributed by atoms with Gasteiger partial charge in [-0.05, 0) is 42.3 Å². The van der Waals surface area contributed by atoms with Crippen LogP contribution in [0.4, 0.5) is 19.0 Å². The summed E-state index contributed by atoms with van der Waals surface area (Å²) in [6.45, 7) is 1.76. The number of carbonyl (C=O) groups excluding carboxylic acids is 1. The lowest BCUT2D eigenvalue weighted by molar-refractivity contribution is -0.141. The Balaban J connectivity index is 1.52. The first-order chi connectivity index (χ1) is 16.2. The van der Waals surface area contributed by atoms with E-state index in [1.54, 1.807) is 0 Å². The van der Waals surface area contributed by atoms with E-state index in [1.807, 2.05) is 18.2 Å². The zero-order chi connectivity index (χ0) is 24.5. The molecule has 7 nitrogen and oxygen atoms in total. The Kier molecular flexibility index (Phi) is 7.22. The number of nitrogens with one attached hydrogen (secondary N) is 3. The van der Waals surface area contributed by atoms with Gasteiger partial charge in [0.1, 0.15) is 5.82 Å². The Hall–Kier alpha value is -2.53. The van der Waals surface area contributed by atoms with Gasteiger partial charge in [0.05, 0.1) is 17.6 Å². The molecule has 1 amide bonds. The number of fused-ring (bicyclic) bond motifs is 3. The summed E-state index contributed by atoms with van der Waals surface area (Å²) in [6.07, 6.45) is -3.88. The summed E-state index contributed by atoms with van der Waals surface area (Å²) in [7, 11) is 0. The molecule has 4 rings (SSSR count). The van der Waals surface area contributed by atoms with Gasteiger partial charge < -0.3 is 21.4 Å². The molecule has 3 heterocycles. The molecule has 12 heteroatoms. The first kappa shape index (κ1) is 24.6. The van der Waals surface area contributed by atoms with Crippen LogP contribution in [0.25, 0.3) is 10.9 Å². The van der Waals surface area contributed by atoms with Gasteiger partial charge in [0, 0.05) is 47.8 Å². The maximum absolute atomic E-state index is 13.1. The minimum Gasteiger partial charge on any atom is -0.369 e. The predicted molar refractivity (Wildman–Crippen MR) is 126 cm³/mol. The van der Waals surface area contributed by atoms with Crippen molar-refractivity contribution in [1.29, 1.82) is 0 Å². The van der Waals surface area contributed by atoms with Crippen LogP contribution in [-0.4, -0.2) is 53.5 Å². The standard InChI is InChI=1S/C22H23Cl2F3N6O/c23-12-1-3-16-14(9-12)13-5-7-33(17(20(13)31-16)11-30-19(34)10-28)8-6-29-18-4-2-15(24)21(32-18)22(25,26)27/h1-4,9,17,31H,5-8,10-11,28H2,(H,29,32)(H,30,34). The van der Waals surface area contributed by atoms with Gasteiger partial charge in [0.15, 0.2) is 5.69 Å². The summed E-state index contributed by atoms with van der Waals surface area (Å²) in [5.41, 5.74) is 7.39. The van der Waals surface area contributed by atoms with Crippen LogP contribution in [0.3, 0.4) is 0 Å². The van der Waals surface area contributed by atoms with E-state index in [4.69, 9.17) is 28.9 Å². The molecule has 0 spiro atoms. The van der Waals surface area contributed by atoms with Crippen molar-refractivity contribution in [2.24, 2.45) is 5.73 Å². The average molecular weight is 515 g/mol. The van der Waals surface area contributed by atoms with Crippen LogP contribution >= 0.6 is 23.2 Å². The molecule has 3 aromatic rings. The minimum atomic E-state index is -4.64. The summed E-state index contributed by atoms with van der Waals surface area (Å²) in [5.74, 6) is -0.183. The van der Waals surface area contributed by atoms with Crippen molar-refractivity contribution in [3.05, 3.63) is 57.3 Å². The lowest BCUT2D eigenvalue weighted by Crippen LogP contribution is -2.44. The number of carbonyl (C=O) groups is 1. The number of alkyl halides is 3. The lowest BCUT2D eigenvalue weighted by atomic mass is 9.97. The number of pyridine rings is 1. The van der Waals surface area contributed by atoms with Crippen LogP contribution in [0.15, 0.2) is 30.3 Å². The predicted octanol–water partition coefficient (Wildman–Crippen LogP) is 3.97. The Bertz CT molecular complexity index is 1200. The van der Waals surface area contributed by atoms with E-state index in [-0.39, 0.29) is 24.3 Å². The van der Waals surface area contributed by atoms with Crippen LogP contribution in [0.1, 0.15) is 23.0 Å². The topological polar surface area (TPSA) is 99.1 Å². The molecule has 0 saturated heterocycles. The molecule has 1 atom stereocenters. The fourth-order valence-corrected chi connectivity index (χ4v) is 4.62. The number of anilines is 1. The van der Waals surface area contributed by atoms with E-state index in [1.165, 1.54) is 12.1 Å². The molecule has 2 aromatic heterocycles. The maximum Gasteiger partial charge on any atom is 0.434 e. The number of nitrogens with zero attached hydrogens (tertiary/aromatic N) is 2. The Labute approximate surface area is 203 Å². The summed E-state index contributed by atoms with van der Waals surface area (Å²) >= 11 is 11.8. The second kappa shape index (κ2) is 9.99. The maximum atomic E-state index is 13.1. The van der Waals surface area contributed by atoms with Crippen molar-refractivity contribution in [3.63, 3.8) is 0 Å². The number of benzene rings is 1. The Morgan fingerprint density at radius 2 is 2.06 bits per heavy atom. The molecule has 1 aliphatic rings. The van der Waals surface area contributed by atoms with E-state index >= 15 is 0 Å². The third-order valence-electron chi connectivity index (χ3n) is 5.82. The molecule has 1 unspecified atom stereocenters. The molecule has 0 saturated carbocycles. The van der Waals surface area contributed by atoms with E-state index in [9.17, 15) is 18.0 Å². The third-order valence-corrected chi connectivity index (χ3v) is 6.36. The monoisotopic (exact) mass is 514 g/mol. The molecule has 1 aliphatic heterocycles. The van der Waals surface area contributed by atoms with Gasteiger partial charge in [0.2, 0.25) is 5.91 Å². The van der Waals surface area contributed by atoms with Gasteiger partial charge in [-0.3, -0.25) is 9.69 Å². The van der Waals surface area contributed by atoms with E-state index in [0.29, 0.717) is 31.2 Å². The van der Waals surface area contributed by atoms with Gasteiger partial charge in [-0.2, -0.15) is 13.2 Å². The quantitative estimate of drug-likeness (QED) is 0.382. The van der Waals surface area contributed by atoms with Gasteiger partial charge in [-0.25, -0.2) is 4.98 Å². The van der Waals surface area contributed by atoms with Crippen LogP contribution in [0.5, 0.6) is 0 Å². The van der Waals surface area contributed by atoms with Crippen molar-refractivity contribution < 1.29 is 18.0 Å². The number of aromatic amines is 1. The highest BCUT2D eigenvalue weighted by molar-refractivity contribution is 6.31. The first-order valence-corrected chi connectivity index (χ1v) is 11.4. The van der Waals surface area contributed by atoms with Crippen LogP contribution in [-0.2, 0) is 17.4 Å². The summed E-state index contributed by atoms with van der Waals surface area (Å²) in [6, 6.07) is 8.06. The fraction of sp³-hybridized carbons (Fsp3) is 0.364. The van der Waals surface area contributed by atoms with Crippen LogP contribution in [0, 0.1) is 0 Å². The SMILES string of the molecule is NCC(=O)NCC1c2[nH]c3ccc(Cl)cc3c2CCN1CCNc1ccc(Cl)c(C(F)(F)F)n1. The normalized spacial score (nSPS) is 16.5. The third kappa shape index (κ3) is 5.25. The van der Waals surface area contributed by atoms with Crippen molar-refractivity contribution in [1.82, 2.24) is 20.2 Å². The molecule has 34 heavy (non-hydrogen) atoms. The Morgan fingerprint density at radius 3 is 2.79 bits per heavy atom. The number of hydrogen-bond acceptors (Lipinski definition) is 5. The summed E-state index contributed by atoms with van der Waals surface area (Å²) in [4.78, 5) is 21.0. The molecular weight excluding hydrogens is 492 g/mol.